The third-order valence-electron chi connectivity index (χ3n) is 4.05. The molecule has 0 bridgehead atoms. The summed E-state index contributed by atoms with van der Waals surface area (Å²) in [5.74, 6) is -0.569. The van der Waals surface area contributed by atoms with Crippen LogP contribution in [-0.4, -0.2) is 57.4 Å². The molecule has 2 rings (SSSR count). The molecule has 1 aliphatic rings. The minimum atomic E-state index is -1.28. The van der Waals surface area contributed by atoms with E-state index in [1.54, 1.807) is 24.0 Å². The number of rotatable bonds is 6. The Bertz CT molecular complexity index is 576. The molecule has 126 valence electrons. The summed E-state index contributed by atoms with van der Waals surface area (Å²) in [7, 11) is 0. The van der Waals surface area contributed by atoms with Crippen LogP contribution >= 0.6 is 0 Å². The smallest absolute Gasteiger partial charge is 0.329 e. The minimum absolute atomic E-state index is 0.0194. The number of nitro groups is 1. The van der Waals surface area contributed by atoms with E-state index in [1.807, 2.05) is 0 Å². The van der Waals surface area contributed by atoms with Gasteiger partial charge in [0.1, 0.15) is 5.54 Å². The van der Waals surface area contributed by atoms with Gasteiger partial charge in [0.15, 0.2) is 0 Å². The Kier molecular flexibility index (Phi) is 5.30. The van der Waals surface area contributed by atoms with E-state index in [4.69, 9.17) is 4.74 Å². The van der Waals surface area contributed by atoms with Crippen LogP contribution in [0.2, 0.25) is 0 Å². The van der Waals surface area contributed by atoms with Crippen molar-refractivity contribution in [3.63, 3.8) is 0 Å². The number of benzene rings is 1. The molecule has 23 heavy (non-hydrogen) atoms. The fraction of sp³-hybridized carbons (Fsp3) is 0.533. The molecule has 0 aliphatic carbocycles. The number of nitro benzene ring substituents is 1. The first-order chi connectivity index (χ1) is 10.9. The molecule has 1 aromatic rings. The largest absolute Gasteiger partial charge is 0.465 e. The quantitative estimate of drug-likeness (QED) is 0.444. The highest BCUT2D eigenvalue weighted by Gasteiger charge is 2.51. The second-order valence-electron chi connectivity index (χ2n) is 5.57. The van der Waals surface area contributed by atoms with Gasteiger partial charge in [0, 0.05) is 31.6 Å². The van der Waals surface area contributed by atoms with Gasteiger partial charge < -0.3 is 14.9 Å². The molecule has 0 radical (unpaired) electrons. The van der Waals surface area contributed by atoms with Crippen molar-refractivity contribution in [2.45, 2.75) is 31.5 Å². The lowest BCUT2D eigenvalue weighted by molar-refractivity contribution is -0.384. The van der Waals surface area contributed by atoms with Gasteiger partial charge >= 0.3 is 5.97 Å². The van der Waals surface area contributed by atoms with Crippen LogP contribution in [0.3, 0.4) is 0 Å². The van der Waals surface area contributed by atoms with E-state index in [0.29, 0.717) is 0 Å². The summed E-state index contributed by atoms with van der Waals surface area (Å²) in [6, 6.07) is 5.95. The third kappa shape index (κ3) is 3.49. The van der Waals surface area contributed by atoms with Crippen LogP contribution in [0.15, 0.2) is 24.3 Å². The highest BCUT2D eigenvalue weighted by atomic mass is 16.6. The van der Waals surface area contributed by atoms with Gasteiger partial charge in [0.25, 0.3) is 5.69 Å². The van der Waals surface area contributed by atoms with Crippen LogP contribution in [0.5, 0.6) is 0 Å². The number of likely N-dealkylation sites (tertiary alicyclic amines) is 1. The van der Waals surface area contributed by atoms with E-state index >= 15 is 0 Å². The van der Waals surface area contributed by atoms with Crippen molar-refractivity contribution in [2.75, 3.05) is 19.8 Å². The maximum atomic E-state index is 12.3. The molecule has 1 aliphatic heterocycles. The fourth-order valence-corrected chi connectivity index (χ4v) is 2.88. The first-order valence-electron chi connectivity index (χ1n) is 7.37. The average Bonchev–Trinajstić information content (AvgIpc) is 2.85. The van der Waals surface area contributed by atoms with Crippen LogP contribution < -0.4 is 0 Å². The van der Waals surface area contributed by atoms with E-state index in [-0.39, 0.29) is 31.8 Å². The molecule has 0 spiro atoms. The van der Waals surface area contributed by atoms with Crippen molar-refractivity contribution in [1.29, 1.82) is 0 Å². The van der Waals surface area contributed by atoms with Gasteiger partial charge in [-0.15, -0.1) is 0 Å². The summed E-state index contributed by atoms with van der Waals surface area (Å²) in [5.41, 5.74) is -0.558. The fourth-order valence-electron chi connectivity index (χ4n) is 2.88. The lowest BCUT2D eigenvalue weighted by Crippen LogP contribution is -2.53. The van der Waals surface area contributed by atoms with E-state index in [2.05, 4.69) is 0 Å². The molecule has 1 heterocycles. The first-order valence-corrected chi connectivity index (χ1v) is 7.37. The molecule has 1 aromatic carbocycles. The molecule has 2 unspecified atom stereocenters. The Morgan fingerprint density at radius 2 is 2.13 bits per heavy atom. The number of esters is 1. The van der Waals surface area contributed by atoms with E-state index in [9.17, 15) is 25.1 Å². The number of carbonyl (C=O) groups excluding carboxylic acids is 1. The Balaban J connectivity index is 2.21. The molecule has 8 heteroatoms. The van der Waals surface area contributed by atoms with Gasteiger partial charge in [-0.05, 0) is 12.5 Å². The predicted octanol–water partition coefficient (Wildman–Crippen LogP) is 0.456. The van der Waals surface area contributed by atoms with Crippen molar-refractivity contribution >= 4 is 11.7 Å². The number of β-amino-alcohol motifs (C(OH)–C–C–N with tert-alkyl or cyclic N) is 1. The number of aliphatic hydroxyl groups is 2. The third-order valence-corrected chi connectivity index (χ3v) is 4.05. The average molecular weight is 324 g/mol. The number of ether oxygens (including phenoxy) is 1. The summed E-state index contributed by atoms with van der Waals surface area (Å²) in [6.45, 7) is 1.89. The molecule has 0 aromatic heterocycles. The van der Waals surface area contributed by atoms with Gasteiger partial charge in [-0.25, -0.2) is 4.79 Å². The van der Waals surface area contributed by atoms with Crippen LogP contribution in [0, 0.1) is 10.1 Å². The molecule has 2 atom stereocenters. The summed E-state index contributed by atoms with van der Waals surface area (Å²) < 4.78 is 5.05. The Hall–Kier alpha value is -2.03. The predicted molar refractivity (Wildman–Crippen MR) is 80.6 cm³/mol. The molecular formula is C15H20N2O6. The number of nitrogens with zero attached hydrogens (tertiary/aromatic N) is 2. The van der Waals surface area contributed by atoms with Crippen LogP contribution in [-0.2, 0) is 16.1 Å². The normalized spacial score (nSPS) is 24.6. The molecule has 1 saturated heterocycles. The van der Waals surface area contributed by atoms with Crippen LogP contribution in [0.4, 0.5) is 5.69 Å². The summed E-state index contributed by atoms with van der Waals surface area (Å²) in [6.07, 6.45) is -0.653. The van der Waals surface area contributed by atoms with Crippen molar-refractivity contribution in [3.05, 3.63) is 39.9 Å². The molecule has 2 N–H and O–H groups in total. The zero-order chi connectivity index (χ0) is 17.0. The molecule has 0 amide bonds. The SMILES string of the molecule is CCOC(=O)C1(CO)CC(O)CN1Cc1ccc([N+](=O)[O-])cc1. The monoisotopic (exact) mass is 324 g/mol. The lowest BCUT2D eigenvalue weighted by atomic mass is 9.96. The highest BCUT2D eigenvalue weighted by Crippen LogP contribution is 2.32. The lowest BCUT2D eigenvalue weighted by Gasteiger charge is -2.34. The Labute approximate surface area is 133 Å². The zero-order valence-corrected chi connectivity index (χ0v) is 12.8. The summed E-state index contributed by atoms with van der Waals surface area (Å²) >= 11 is 0. The van der Waals surface area contributed by atoms with Gasteiger partial charge in [0.2, 0.25) is 0 Å². The maximum Gasteiger partial charge on any atom is 0.329 e. The van der Waals surface area contributed by atoms with E-state index in [1.165, 1.54) is 12.1 Å². The van der Waals surface area contributed by atoms with Crippen molar-refractivity contribution in [2.24, 2.45) is 0 Å². The molecular weight excluding hydrogens is 304 g/mol. The topological polar surface area (TPSA) is 113 Å². The summed E-state index contributed by atoms with van der Waals surface area (Å²) in [4.78, 5) is 24.1. The number of hydrogen-bond donors (Lipinski definition) is 2. The number of hydrogen-bond acceptors (Lipinski definition) is 7. The molecule has 1 fully saturated rings. The second-order valence-corrected chi connectivity index (χ2v) is 5.57. The number of non-ortho nitro benzene ring substituents is 1. The molecule has 0 saturated carbocycles. The van der Waals surface area contributed by atoms with Gasteiger partial charge in [-0.1, -0.05) is 12.1 Å². The van der Waals surface area contributed by atoms with Gasteiger partial charge in [-0.3, -0.25) is 15.0 Å². The van der Waals surface area contributed by atoms with Gasteiger partial charge in [-0.2, -0.15) is 0 Å². The minimum Gasteiger partial charge on any atom is -0.465 e. The Morgan fingerprint density at radius 3 is 2.65 bits per heavy atom. The summed E-state index contributed by atoms with van der Waals surface area (Å²) in [5, 5.41) is 30.4. The van der Waals surface area contributed by atoms with Crippen molar-refractivity contribution in [3.8, 4) is 0 Å². The maximum absolute atomic E-state index is 12.3. The highest BCUT2D eigenvalue weighted by molar-refractivity contribution is 5.81. The van der Waals surface area contributed by atoms with E-state index < -0.39 is 29.1 Å². The number of aliphatic hydroxyl groups excluding tert-OH is 2. The first kappa shape index (κ1) is 17.3. The van der Waals surface area contributed by atoms with Crippen molar-refractivity contribution < 1.29 is 24.7 Å². The zero-order valence-electron chi connectivity index (χ0n) is 12.8. The Morgan fingerprint density at radius 1 is 1.48 bits per heavy atom. The van der Waals surface area contributed by atoms with Crippen LogP contribution in [0.25, 0.3) is 0 Å². The second kappa shape index (κ2) is 7.03. The standard InChI is InChI=1S/C15H20N2O6/c1-2-23-14(20)15(10-18)7-13(19)9-16(15)8-11-3-5-12(6-4-11)17(21)22/h3-6,13,18-19H,2,7-10H2,1H3. The van der Waals surface area contributed by atoms with Gasteiger partial charge in [0.05, 0.1) is 24.2 Å². The molecule has 8 nitrogen and oxygen atoms in total. The number of carbonyl (C=O) groups is 1. The van der Waals surface area contributed by atoms with Crippen LogP contribution in [0.1, 0.15) is 18.9 Å². The van der Waals surface area contributed by atoms with E-state index in [0.717, 1.165) is 5.56 Å². The van der Waals surface area contributed by atoms with Crippen molar-refractivity contribution in [1.82, 2.24) is 4.90 Å².